The van der Waals surface area contributed by atoms with Gasteiger partial charge in [0.05, 0.1) is 23.3 Å². The normalized spacial score (nSPS) is 10.8. The molecule has 0 fully saturated rings. The average molecular weight is 356 g/mol. The third kappa shape index (κ3) is 3.79. The molecule has 6 heteroatoms. The van der Waals surface area contributed by atoms with Crippen molar-refractivity contribution in [3.8, 4) is 5.75 Å². The van der Waals surface area contributed by atoms with Gasteiger partial charge < -0.3 is 9.64 Å². The van der Waals surface area contributed by atoms with Crippen molar-refractivity contribution in [3.63, 3.8) is 0 Å². The molecule has 0 bridgehead atoms. The van der Waals surface area contributed by atoms with Crippen LogP contribution in [0.15, 0.2) is 48.5 Å². The molecule has 0 aliphatic carbocycles. The first-order valence-corrected chi connectivity index (χ1v) is 8.15. The largest absolute Gasteiger partial charge is 0.489 e. The van der Waals surface area contributed by atoms with Crippen molar-refractivity contribution in [2.24, 2.45) is 0 Å². The van der Waals surface area contributed by atoms with Crippen LogP contribution >= 0.6 is 0 Å². The number of likely N-dealkylation sites (N-methyl/N-ethyl adjacent to an activating group) is 1. The van der Waals surface area contributed by atoms with Gasteiger partial charge in [-0.15, -0.1) is 0 Å². The number of halogens is 2. The van der Waals surface area contributed by atoms with Gasteiger partial charge in [-0.3, -0.25) is 9.78 Å². The van der Waals surface area contributed by atoms with Gasteiger partial charge in [-0.1, -0.05) is 12.1 Å². The maximum Gasteiger partial charge on any atom is 0.255 e. The lowest BCUT2D eigenvalue weighted by Gasteiger charge is -2.19. The average Bonchev–Trinajstić information content (AvgIpc) is 2.62. The Bertz CT molecular complexity index is 960. The Morgan fingerprint density at radius 1 is 1.15 bits per heavy atom. The van der Waals surface area contributed by atoms with Crippen LogP contribution in [0.3, 0.4) is 0 Å². The highest BCUT2D eigenvalue weighted by Gasteiger charge is 2.16. The van der Waals surface area contributed by atoms with Crippen LogP contribution in [0, 0.1) is 18.6 Å². The quantitative estimate of drug-likeness (QED) is 0.695. The molecule has 0 N–H and O–H groups in total. The second kappa shape index (κ2) is 7.47. The number of pyridine rings is 1. The van der Waals surface area contributed by atoms with Gasteiger partial charge in [-0.2, -0.15) is 0 Å². The Labute approximate surface area is 150 Å². The van der Waals surface area contributed by atoms with E-state index in [1.807, 2.05) is 0 Å². The number of aryl methyl sites for hydroxylation is 1. The van der Waals surface area contributed by atoms with E-state index in [2.05, 4.69) is 4.98 Å². The molecule has 1 aromatic heterocycles. The van der Waals surface area contributed by atoms with E-state index in [-0.39, 0.29) is 30.6 Å². The number of carbonyl (C=O) groups excluding carboxylic acids is 1. The Hall–Kier alpha value is -3.02. The number of fused-ring (bicyclic) bond motifs is 1. The van der Waals surface area contributed by atoms with Gasteiger partial charge >= 0.3 is 0 Å². The van der Waals surface area contributed by atoms with Crippen LogP contribution < -0.4 is 4.74 Å². The summed E-state index contributed by atoms with van der Waals surface area (Å²) in [5.74, 6) is -0.883. The molecule has 1 amide bonds. The molecule has 26 heavy (non-hydrogen) atoms. The Kier molecular flexibility index (Phi) is 5.11. The maximum absolute atomic E-state index is 13.5. The van der Waals surface area contributed by atoms with Crippen molar-refractivity contribution in [2.45, 2.75) is 6.92 Å². The SMILES string of the molecule is Cc1nc2cc(F)ccc2cc1C(=O)N(C)CCOc1ccccc1F. The fourth-order valence-corrected chi connectivity index (χ4v) is 2.61. The van der Waals surface area contributed by atoms with E-state index >= 15 is 0 Å². The fourth-order valence-electron chi connectivity index (χ4n) is 2.61. The smallest absolute Gasteiger partial charge is 0.255 e. The first-order chi connectivity index (χ1) is 12.5. The second-order valence-electron chi connectivity index (χ2n) is 5.96. The highest BCUT2D eigenvalue weighted by molar-refractivity contribution is 5.98. The number of aromatic nitrogens is 1. The van der Waals surface area contributed by atoms with E-state index in [9.17, 15) is 13.6 Å². The van der Waals surface area contributed by atoms with Crippen LogP contribution in [-0.2, 0) is 0 Å². The van der Waals surface area contributed by atoms with Crippen LogP contribution in [0.1, 0.15) is 16.1 Å². The van der Waals surface area contributed by atoms with E-state index in [1.165, 1.54) is 29.2 Å². The van der Waals surface area contributed by atoms with Crippen LogP contribution in [0.25, 0.3) is 10.9 Å². The summed E-state index contributed by atoms with van der Waals surface area (Å²) in [6, 6.07) is 12.1. The van der Waals surface area contributed by atoms with Crippen molar-refractivity contribution in [2.75, 3.05) is 20.2 Å². The zero-order valence-corrected chi connectivity index (χ0v) is 14.5. The number of ether oxygens (including phenoxy) is 1. The molecule has 0 radical (unpaired) electrons. The molecular weight excluding hydrogens is 338 g/mol. The summed E-state index contributed by atoms with van der Waals surface area (Å²) in [5.41, 5.74) is 1.47. The van der Waals surface area contributed by atoms with Crippen molar-refractivity contribution < 1.29 is 18.3 Å². The summed E-state index contributed by atoms with van der Waals surface area (Å²) in [5, 5.41) is 0.691. The monoisotopic (exact) mass is 356 g/mol. The molecule has 3 aromatic rings. The molecule has 0 spiro atoms. The number of benzene rings is 2. The topological polar surface area (TPSA) is 42.4 Å². The summed E-state index contributed by atoms with van der Waals surface area (Å²) in [7, 11) is 1.64. The number of hydrogen-bond acceptors (Lipinski definition) is 3. The highest BCUT2D eigenvalue weighted by Crippen LogP contribution is 2.19. The third-order valence-corrected chi connectivity index (χ3v) is 4.07. The summed E-state index contributed by atoms with van der Waals surface area (Å²) in [6.45, 7) is 2.16. The minimum absolute atomic E-state index is 0.152. The van der Waals surface area contributed by atoms with Gasteiger partial charge in [0.15, 0.2) is 11.6 Å². The Morgan fingerprint density at radius 3 is 2.69 bits per heavy atom. The predicted molar refractivity (Wildman–Crippen MR) is 95.3 cm³/mol. The first-order valence-electron chi connectivity index (χ1n) is 8.15. The third-order valence-electron chi connectivity index (χ3n) is 4.07. The van der Waals surface area contributed by atoms with E-state index in [4.69, 9.17) is 4.74 Å². The summed E-state index contributed by atoms with van der Waals surface area (Å²) >= 11 is 0. The molecule has 3 rings (SSSR count). The molecule has 0 saturated heterocycles. The van der Waals surface area contributed by atoms with Gasteiger partial charge in [0, 0.05) is 18.5 Å². The van der Waals surface area contributed by atoms with Gasteiger partial charge in [0.25, 0.3) is 5.91 Å². The van der Waals surface area contributed by atoms with Crippen LogP contribution in [0.4, 0.5) is 8.78 Å². The minimum atomic E-state index is -0.441. The van der Waals surface area contributed by atoms with E-state index < -0.39 is 5.82 Å². The maximum atomic E-state index is 13.5. The van der Waals surface area contributed by atoms with E-state index in [0.717, 1.165) is 0 Å². The van der Waals surface area contributed by atoms with Crippen molar-refractivity contribution in [1.82, 2.24) is 9.88 Å². The molecule has 2 aromatic carbocycles. The Morgan fingerprint density at radius 2 is 1.92 bits per heavy atom. The number of para-hydroxylation sites is 1. The molecule has 1 heterocycles. The standard InChI is InChI=1S/C20H18F2N2O2/c1-13-16(11-14-7-8-15(21)12-18(14)23-13)20(25)24(2)9-10-26-19-6-4-3-5-17(19)22/h3-8,11-12H,9-10H2,1-2H3. The van der Waals surface area contributed by atoms with Crippen molar-refractivity contribution >= 4 is 16.8 Å². The molecule has 0 unspecified atom stereocenters. The number of rotatable bonds is 5. The molecule has 0 atom stereocenters. The summed E-state index contributed by atoms with van der Waals surface area (Å²) in [6.07, 6.45) is 0. The highest BCUT2D eigenvalue weighted by atomic mass is 19.1. The number of nitrogens with zero attached hydrogens (tertiary/aromatic N) is 2. The van der Waals surface area contributed by atoms with E-state index in [1.54, 1.807) is 38.2 Å². The molecule has 0 aliphatic rings. The van der Waals surface area contributed by atoms with Crippen molar-refractivity contribution in [3.05, 3.63) is 71.4 Å². The van der Waals surface area contributed by atoms with Crippen LogP contribution in [0.2, 0.25) is 0 Å². The van der Waals surface area contributed by atoms with Gasteiger partial charge in [-0.25, -0.2) is 8.78 Å². The predicted octanol–water partition coefficient (Wildman–Crippen LogP) is 3.97. The summed E-state index contributed by atoms with van der Waals surface area (Å²) < 4.78 is 32.2. The van der Waals surface area contributed by atoms with Crippen LogP contribution in [0.5, 0.6) is 5.75 Å². The molecule has 4 nitrogen and oxygen atoms in total. The number of hydrogen-bond donors (Lipinski definition) is 0. The minimum Gasteiger partial charge on any atom is -0.489 e. The van der Waals surface area contributed by atoms with Gasteiger partial charge in [-0.05, 0) is 37.3 Å². The molecule has 0 aliphatic heterocycles. The summed E-state index contributed by atoms with van der Waals surface area (Å²) in [4.78, 5) is 18.5. The number of carbonyl (C=O) groups is 1. The first kappa shape index (κ1) is 17.8. The fraction of sp³-hybridized carbons (Fsp3) is 0.200. The van der Waals surface area contributed by atoms with Gasteiger partial charge in [0.1, 0.15) is 12.4 Å². The molecular formula is C20H18F2N2O2. The zero-order chi connectivity index (χ0) is 18.7. The van der Waals surface area contributed by atoms with Gasteiger partial charge in [0.2, 0.25) is 0 Å². The second-order valence-corrected chi connectivity index (χ2v) is 5.96. The molecule has 134 valence electrons. The Balaban J connectivity index is 1.70. The molecule has 0 saturated carbocycles. The lowest BCUT2D eigenvalue weighted by molar-refractivity contribution is 0.0772. The lowest BCUT2D eigenvalue weighted by Crippen LogP contribution is -2.31. The zero-order valence-electron chi connectivity index (χ0n) is 14.5. The van der Waals surface area contributed by atoms with E-state index in [0.29, 0.717) is 22.2 Å². The lowest BCUT2D eigenvalue weighted by atomic mass is 10.1. The van der Waals surface area contributed by atoms with Crippen molar-refractivity contribution in [1.29, 1.82) is 0 Å². The van der Waals surface area contributed by atoms with Crippen LogP contribution in [-0.4, -0.2) is 36.0 Å². The number of amides is 1.